The summed E-state index contributed by atoms with van der Waals surface area (Å²) in [6.45, 7) is 6.34. The van der Waals surface area contributed by atoms with Crippen molar-refractivity contribution in [1.29, 1.82) is 0 Å². The van der Waals surface area contributed by atoms with E-state index in [2.05, 4.69) is 23.9 Å². The van der Waals surface area contributed by atoms with Gasteiger partial charge in [0.25, 0.3) is 5.91 Å². The lowest BCUT2D eigenvalue weighted by Gasteiger charge is -2.14. The van der Waals surface area contributed by atoms with E-state index in [1.54, 1.807) is 30.3 Å². The second-order valence-electron chi connectivity index (χ2n) is 7.27. The smallest absolute Gasteiger partial charge is 0.255 e. The van der Waals surface area contributed by atoms with Crippen molar-refractivity contribution >= 4 is 27.3 Å². The number of anilines is 2. The highest BCUT2D eigenvalue weighted by Crippen LogP contribution is 2.31. The number of benzene rings is 2. The number of hydrogen-bond acceptors (Lipinski definition) is 6. The van der Waals surface area contributed by atoms with E-state index in [1.165, 1.54) is 27.2 Å². The molecular formula is C22H30N2O6S. The molecule has 0 aliphatic heterocycles. The van der Waals surface area contributed by atoms with E-state index in [1.807, 2.05) is 0 Å². The van der Waals surface area contributed by atoms with Gasteiger partial charge in [0.15, 0.2) is 11.5 Å². The summed E-state index contributed by atoms with van der Waals surface area (Å²) in [6, 6.07) is 9.65. The maximum absolute atomic E-state index is 12.7. The normalized spacial score (nSPS) is 11.2. The number of carbonyl (C=O) groups excluding carboxylic acids is 1. The lowest BCUT2D eigenvalue weighted by Crippen LogP contribution is -2.16. The molecule has 0 unspecified atom stereocenters. The van der Waals surface area contributed by atoms with E-state index >= 15 is 0 Å². The lowest BCUT2D eigenvalue weighted by atomic mass is 10.1. The van der Waals surface area contributed by atoms with Crippen LogP contribution in [0.1, 0.15) is 37.6 Å². The molecule has 0 radical (unpaired) electrons. The van der Waals surface area contributed by atoms with Crippen LogP contribution in [0, 0.1) is 5.92 Å². The van der Waals surface area contributed by atoms with Crippen LogP contribution in [0.4, 0.5) is 11.4 Å². The molecule has 2 aromatic carbocycles. The van der Waals surface area contributed by atoms with E-state index in [0.717, 1.165) is 6.42 Å². The first-order valence-corrected chi connectivity index (χ1v) is 11.6. The van der Waals surface area contributed by atoms with Gasteiger partial charge in [0.05, 0.1) is 32.3 Å². The maximum atomic E-state index is 12.7. The average Bonchev–Trinajstić information content (AvgIpc) is 2.74. The molecule has 31 heavy (non-hydrogen) atoms. The van der Waals surface area contributed by atoms with Gasteiger partial charge < -0.3 is 19.5 Å². The number of hydrogen-bond donors (Lipinski definition) is 2. The fourth-order valence-electron chi connectivity index (χ4n) is 2.63. The zero-order valence-electron chi connectivity index (χ0n) is 18.5. The molecule has 2 rings (SSSR count). The van der Waals surface area contributed by atoms with E-state index in [-0.39, 0.29) is 11.7 Å². The molecule has 170 valence electrons. The number of rotatable bonds is 11. The first kappa shape index (κ1) is 24.3. The van der Waals surface area contributed by atoms with Crippen LogP contribution in [-0.2, 0) is 10.0 Å². The Hall–Kier alpha value is -2.94. The minimum atomic E-state index is -3.45. The molecule has 0 saturated heterocycles. The summed E-state index contributed by atoms with van der Waals surface area (Å²) in [5, 5.41) is 2.77. The standard InChI is InChI=1S/C22H30N2O6S/c1-6-31(26,27)24-18-9-8-17(14-20(18)28-4)23-22(25)16-7-10-19(21(13-16)29-5)30-12-11-15(2)3/h7-10,13-15,24H,6,11-12H2,1-5H3,(H,23,25). The Balaban J connectivity index is 2.15. The third kappa shape index (κ3) is 7.06. The quantitative estimate of drug-likeness (QED) is 0.533. The summed E-state index contributed by atoms with van der Waals surface area (Å²) in [6.07, 6.45) is 0.914. The van der Waals surface area contributed by atoms with Crippen molar-refractivity contribution in [3.05, 3.63) is 42.0 Å². The summed E-state index contributed by atoms with van der Waals surface area (Å²) in [7, 11) is -0.505. The molecule has 0 aliphatic rings. The second-order valence-corrected chi connectivity index (χ2v) is 9.28. The van der Waals surface area contributed by atoms with E-state index in [9.17, 15) is 13.2 Å². The second kappa shape index (κ2) is 10.9. The van der Waals surface area contributed by atoms with E-state index in [4.69, 9.17) is 14.2 Å². The van der Waals surface area contributed by atoms with Crippen LogP contribution in [0.3, 0.4) is 0 Å². The Labute approximate surface area is 184 Å². The zero-order valence-corrected chi connectivity index (χ0v) is 19.3. The van der Waals surface area contributed by atoms with Gasteiger partial charge in [0.1, 0.15) is 5.75 Å². The fraction of sp³-hybridized carbons (Fsp3) is 0.409. The van der Waals surface area contributed by atoms with Gasteiger partial charge in [-0.3, -0.25) is 9.52 Å². The van der Waals surface area contributed by atoms with Crippen LogP contribution >= 0.6 is 0 Å². The summed E-state index contributed by atoms with van der Waals surface area (Å²) in [5.74, 6) is 1.45. The molecular weight excluding hydrogens is 420 g/mol. The van der Waals surface area contributed by atoms with Crippen LogP contribution in [0.2, 0.25) is 0 Å². The molecule has 2 aromatic rings. The Morgan fingerprint density at radius 1 is 1.00 bits per heavy atom. The maximum Gasteiger partial charge on any atom is 0.255 e. The third-order valence-corrected chi connectivity index (χ3v) is 5.77. The van der Waals surface area contributed by atoms with Crippen molar-refractivity contribution in [3.63, 3.8) is 0 Å². The predicted molar refractivity (Wildman–Crippen MR) is 122 cm³/mol. The molecule has 9 heteroatoms. The van der Waals surface area contributed by atoms with Crippen LogP contribution in [0.5, 0.6) is 17.2 Å². The summed E-state index contributed by atoms with van der Waals surface area (Å²) < 4.78 is 42.4. The van der Waals surface area contributed by atoms with Gasteiger partial charge >= 0.3 is 0 Å². The van der Waals surface area contributed by atoms with Crippen LogP contribution < -0.4 is 24.2 Å². The number of amides is 1. The highest BCUT2D eigenvalue weighted by Gasteiger charge is 2.15. The van der Waals surface area contributed by atoms with Crippen molar-refractivity contribution in [3.8, 4) is 17.2 Å². The Kier molecular flexibility index (Phi) is 8.56. The SMILES string of the molecule is CCS(=O)(=O)Nc1ccc(NC(=O)c2ccc(OCCC(C)C)c(OC)c2)cc1OC. The highest BCUT2D eigenvalue weighted by atomic mass is 32.2. The molecule has 0 aliphatic carbocycles. The first-order valence-electron chi connectivity index (χ1n) is 9.99. The van der Waals surface area contributed by atoms with Crippen molar-refractivity contribution in [1.82, 2.24) is 0 Å². The fourth-order valence-corrected chi connectivity index (χ4v) is 3.28. The van der Waals surface area contributed by atoms with Gasteiger partial charge in [-0.1, -0.05) is 13.8 Å². The number of methoxy groups -OCH3 is 2. The number of sulfonamides is 1. The largest absolute Gasteiger partial charge is 0.494 e. The summed E-state index contributed by atoms with van der Waals surface area (Å²) in [5.41, 5.74) is 1.15. The molecule has 0 heterocycles. The third-order valence-electron chi connectivity index (χ3n) is 4.48. The van der Waals surface area contributed by atoms with Crippen molar-refractivity contribution in [2.24, 2.45) is 5.92 Å². The van der Waals surface area contributed by atoms with E-state index < -0.39 is 10.0 Å². The average molecular weight is 451 g/mol. The van der Waals surface area contributed by atoms with Crippen molar-refractivity contribution in [2.75, 3.05) is 36.6 Å². The van der Waals surface area contributed by atoms with Gasteiger partial charge in [-0.05, 0) is 49.6 Å². The molecule has 0 aromatic heterocycles. The summed E-state index contributed by atoms with van der Waals surface area (Å²) in [4.78, 5) is 12.7. The summed E-state index contributed by atoms with van der Waals surface area (Å²) >= 11 is 0. The lowest BCUT2D eigenvalue weighted by molar-refractivity contribution is 0.102. The molecule has 2 N–H and O–H groups in total. The van der Waals surface area contributed by atoms with E-state index in [0.29, 0.717) is 46.7 Å². The minimum absolute atomic E-state index is 0.0619. The zero-order chi connectivity index (χ0) is 23.0. The molecule has 0 atom stereocenters. The van der Waals surface area contributed by atoms with Crippen molar-refractivity contribution < 1.29 is 27.4 Å². The molecule has 0 fully saturated rings. The van der Waals surface area contributed by atoms with Gasteiger partial charge in [-0.25, -0.2) is 8.42 Å². The Morgan fingerprint density at radius 2 is 1.71 bits per heavy atom. The first-order chi connectivity index (χ1) is 14.7. The number of ether oxygens (including phenoxy) is 3. The van der Waals surface area contributed by atoms with Gasteiger partial charge in [0, 0.05) is 17.3 Å². The van der Waals surface area contributed by atoms with Crippen LogP contribution in [0.15, 0.2) is 36.4 Å². The van der Waals surface area contributed by atoms with Gasteiger partial charge in [0.2, 0.25) is 10.0 Å². The highest BCUT2D eigenvalue weighted by molar-refractivity contribution is 7.92. The molecule has 8 nitrogen and oxygen atoms in total. The molecule has 0 spiro atoms. The Bertz CT molecular complexity index is 1010. The monoisotopic (exact) mass is 450 g/mol. The van der Waals surface area contributed by atoms with Crippen molar-refractivity contribution in [2.45, 2.75) is 27.2 Å². The topological polar surface area (TPSA) is 103 Å². The Morgan fingerprint density at radius 3 is 2.32 bits per heavy atom. The molecule has 0 bridgehead atoms. The van der Waals surface area contributed by atoms with Crippen LogP contribution in [0.25, 0.3) is 0 Å². The molecule has 0 saturated carbocycles. The predicted octanol–water partition coefficient (Wildman–Crippen LogP) is 4.14. The number of carbonyl (C=O) groups is 1. The van der Waals surface area contributed by atoms with Gasteiger partial charge in [-0.15, -0.1) is 0 Å². The number of nitrogens with one attached hydrogen (secondary N) is 2. The van der Waals surface area contributed by atoms with Crippen LogP contribution in [-0.4, -0.2) is 40.9 Å². The minimum Gasteiger partial charge on any atom is -0.494 e. The van der Waals surface area contributed by atoms with Gasteiger partial charge in [-0.2, -0.15) is 0 Å². The molecule has 1 amide bonds.